The highest BCUT2D eigenvalue weighted by Gasteiger charge is 2.11. The topological polar surface area (TPSA) is 58.2 Å². The average Bonchev–Trinajstić information content (AvgIpc) is 2.63. The summed E-state index contributed by atoms with van der Waals surface area (Å²) in [6.45, 7) is 4.15. The first kappa shape index (κ1) is 14.2. The van der Waals surface area contributed by atoms with Crippen molar-refractivity contribution < 1.29 is 9.59 Å². The molecule has 94 valence electrons. The standard InChI is InChI=1S/C11H15BrN2O2S/c1-7(2)14-9(15)3-5-13-11(16)10-8(12)4-6-17-10/h4,6-7H,3,5H2,1-2H3,(H,13,16)(H,14,15). The van der Waals surface area contributed by atoms with Crippen LogP contribution in [0.1, 0.15) is 29.9 Å². The van der Waals surface area contributed by atoms with Gasteiger partial charge < -0.3 is 10.6 Å². The van der Waals surface area contributed by atoms with Crippen molar-refractivity contribution in [2.45, 2.75) is 26.3 Å². The van der Waals surface area contributed by atoms with Crippen molar-refractivity contribution in [1.29, 1.82) is 0 Å². The smallest absolute Gasteiger partial charge is 0.262 e. The van der Waals surface area contributed by atoms with Crippen molar-refractivity contribution in [2.24, 2.45) is 0 Å². The van der Waals surface area contributed by atoms with Crippen LogP contribution in [0.25, 0.3) is 0 Å². The molecule has 2 N–H and O–H groups in total. The minimum Gasteiger partial charge on any atom is -0.354 e. The van der Waals surface area contributed by atoms with Crippen LogP contribution in [0.3, 0.4) is 0 Å². The lowest BCUT2D eigenvalue weighted by molar-refractivity contribution is -0.121. The molecule has 0 bridgehead atoms. The molecule has 6 heteroatoms. The van der Waals surface area contributed by atoms with Crippen molar-refractivity contribution >= 4 is 39.1 Å². The molecule has 1 aromatic heterocycles. The molecule has 17 heavy (non-hydrogen) atoms. The van der Waals surface area contributed by atoms with Crippen molar-refractivity contribution in [3.8, 4) is 0 Å². The minimum absolute atomic E-state index is 0.0504. The fourth-order valence-corrected chi connectivity index (χ4v) is 2.69. The molecular weight excluding hydrogens is 304 g/mol. The van der Waals surface area contributed by atoms with Crippen LogP contribution in [0.5, 0.6) is 0 Å². The summed E-state index contributed by atoms with van der Waals surface area (Å²) in [7, 11) is 0. The summed E-state index contributed by atoms with van der Waals surface area (Å²) in [5, 5.41) is 7.31. The number of rotatable bonds is 5. The lowest BCUT2D eigenvalue weighted by atomic mass is 10.3. The van der Waals surface area contributed by atoms with Gasteiger partial charge in [-0.05, 0) is 41.2 Å². The van der Waals surface area contributed by atoms with Crippen molar-refractivity contribution in [1.82, 2.24) is 10.6 Å². The van der Waals surface area contributed by atoms with E-state index in [1.165, 1.54) is 11.3 Å². The fourth-order valence-electron chi connectivity index (χ4n) is 1.22. The third kappa shape index (κ3) is 4.87. The molecule has 0 saturated carbocycles. The molecule has 0 aliphatic carbocycles. The van der Waals surface area contributed by atoms with E-state index in [-0.39, 0.29) is 17.9 Å². The summed E-state index contributed by atoms with van der Waals surface area (Å²) < 4.78 is 0.784. The van der Waals surface area contributed by atoms with Crippen LogP contribution in [-0.2, 0) is 4.79 Å². The molecule has 0 aromatic carbocycles. The molecular formula is C11H15BrN2O2S. The van der Waals surface area contributed by atoms with E-state index in [4.69, 9.17) is 0 Å². The Morgan fingerprint density at radius 2 is 2.18 bits per heavy atom. The van der Waals surface area contributed by atoms with E-state index >= 15 is 0 Å². The highest BCUT2D eigenvalue weighted by Crippen LogP contribution is 2.22. The molecule has 0 aliphatic heterocycles. The Morgan fingerprint density at radius 3 is 2.71 bits per heavy atom. The van der Waals surface area contributed by atoms with Crippen LogP contribution in [0.2, 0.25) is 0 Å². The molecule has 4 nitrogen and oxygen atoms in total. The number of carbonyl (C=O) groups is 2. The molecule has 0 atom stereocenters. The Hall–Kier alpha value is -0.880. The molecule has 0 radical (unpaired) electrons. The molecule has 1 rings (SSSR count). The maximum absolute atomic E-state index is 11.7. The summed E-state index contributed by atoms with van der Waals surface area (Å²) in [5.74, 6) is -0.199. The lowest BCUT2D eigenvalue weighted by Gasteiger charge is -2.08. The summed E-state index contributed by atoms with van der Waals surface area (Å²) in [6.07, 6.45) is 0.299. The van der Waals surface area contributed by atoms with Crippen LogP contribution in [0.15, 0.2) is 15.9 Å². The molecule has 1 heterocycles. The molecule has 0 saturated heterocycles. The van der Waals surface area contributed by atoms with Crippen LogP contribution < -0.4 is 10.6 Å². The van der Waals surface area contributed by atoms with Gasteiger partial charge in [-0.25, -0.2) is 0 Å². The van der Waals surface area contributed by atoms with Gasteiger partial charge in [-0.1, -0.05) is 0 Å². The SMILES string of the molecule is CC(C)NC(=O)CCNC(=O)c1sccc1Br. The van der Waals surface area contributed by atoms with E-state index in [9.17, 15) is 9.59 Å². The maximum atomic E-state index is 11.7. The molecule has 0 fully saturated rings. The number of hydrogen-bond donors (Lipinski definition) is 2. The monoisotopic (exact) mass is 318 g/mol. The van der Waals surface area contributed by atoms with Crippen molar-refractivity contribution in [3.05, 3.63) is 20.8 Å². The number of halogens is 1. The summed E-state index contributed by atoms with van der Waals surface area (Å²) in [4.78, 5) is 23.6. The average molecular weight is 319 g/mol. The van der Waals surface area contributed by atoms with E-state index in [2.05, 4.69) is 26.6 Å². The normalized spacial score (nSPS) is 10.4. The second-order valence-electron chi connectivity index (χ2n) is 3.83. The molecule has 2 amide bonds. The van der Waals surface area contributed by atoms with Crippen LogP contribution >= 0.6 is 27.3 Å². The van der Waals surface area contributed by atoms with Gasteiger partial charge in [-0.15, -0.1) is 11.3 Å². The number of carbonyl (C=O) groups excluding carboxylic acids is 2. The van der Waals surface area contributed by atoms with Gasteiger partial charge in [-0.3, -0.25) is 9.59 Å². The zero-order valence-corrected chi connectivity index (χ0v) is 12.2. The van der Waals surface area contributed by atoms with Gasteiger partial charge in [-0.2, -0.15) is 0 Å². The molecule has 0 spiro atoms. The maximum Gasteiger partial charge on any atom is 0.262 e. The third-order valence-corrected chi connectivity index (χ3v) is 3.75. The van der Waals surface area contributed by atoms with Crippen LogP contribution in [0.4, 0.5) is 0 Å². The van der Waals surface area contributed by atoms with E-state index in [0.717, 1.165) is 4.47 Å². The second kappa shape index (κ2) is 6.76. The van der Waals surface area contributed by atoms with Gasteiger partial charge in [0.15, 0.2) is 0 Å². The first-order chi connectivity index (χ1) is 8.00. The van der Waals surface area contributed by atoms with Gasteiger partial charge in [0.2, 0.25) is 5.91 Å². The van der Waals surface area contributed by atoms with Crippen molar-refractivity contribution in [3.63, 3.8) is 0 Å². The highest BCUT2D eigenvalue weighted by molar-refractivity contribution is 9.10. The lowest BCUT2D eigenvalue weighted by Crippen LogP contribution is -2.33. The quantitative estimate of drug-likeness (QED) is 0.874. The number of hydrogen-bond acceptors (Lipinski definition) is 3. The second-order valence-corrected chi connectivity index (χ2v) is 5.60. The Balaban J connectivity index is 2.30. The first-order valence-electron chi connectivity index (χ1n) is 5.31. The van der Waals surface area contributed by atoms with E-state index in [1.807, 2.05) is 25.3 Å². The fraction of sp³-hybridized carbons (Fsp3) is 0.455. The number of amides is 2. The summed E-state index contributed by atoms with van der Waals surface area (Å²) in [5.41, 5.74) is 0. The number of nitrogens with one attached hydrogen (secondary N) is 2. The zero-order chi connectivity index (χ0) is 12.8. The van der Waals surface area contributed by atoms with Crippen LogP contribution in [0, 0.1) is 0 Å². The highest BCUT2D eigenvalue weighted by atomic mass is 79.9. The summed E-state index contributed by atoms with van der Waals surface area (Å²) in [6, 6.07) is 1.95. The minimum atomic E-state index is -0.149. The first-order valence-corrected chi connectivity index (χ1v) is 6.98. The molecule has 1 aromatic rings. The Bertz CT molecular complexity index is 404. The van der Waals surface area contributed by atoms with Gasteiger partial charge in [0.1, 0.15) is 4.88 Å². The predicted octanol–water partition coefficient (Wildman–Crippen LogP) is 2.16. The number of thiophene rings is 1. The molecule has 0 unspecified atom stereocenters. The van der Waals surface area contributed by atoms with Gasteiger partial charge in [0, 0.05) is 23.5 Å². The van der Waals surface area contributed by atoms with Crippen molar-refractivity contribution in [2.75, 3.05) is 6.54 Å². The predicted molar refractivity (Wildman–Crippen MR) is 72.2 cm³/mol. The Labute approximate surface area is 113 Å². The molecule has 0 aliphatic rings. The Morgan fingerprint density at radius 1 is 1.47 bits per heavy atom. The van der Waals surface area contributed by atoms with Gasteiger partial charge >= 0.3 is 0 Å². The Kier molecular flexibility index (Phi) is 5.64. The largest absolute Gasteiger partial charge is 0.354 e. The van der Waals surface area contributed by atoms with Gasteiger partial charge in [0.25, 0.3) is 5.91 Å². The summed E-state index contributed by atoms with van der Waals surface area (Å²) >= 11 is 4.66. The zero-order valence-electron chi connectivity index (χ0n) is 9.75. The van der Waals surface area contributed by atoms with Crippen LogP contribution in [-0.4, -0.2) is 24.4 Å². The van der Waals surface area contributed by atoms with Gasteiger partial charge in [0.05, 0.1) is 0 Å². The van der Waals surface area contributed by atoms with E-state index < -0.39 is 0 Å². The van der Waals surface area contributed by atoms with E-state index in [1.54, 1.807) is 0 Å². The van der Waals surface area contributed by atoms with E-state index in [0.29, 0.717) is 17.8 Å². The third-order valence-electron chi connectivity index (χ3n) is 1.91.